The van der Waals surface area contributed by atoms with Crippen LogP contribution in [0.1, 0.15) is 65.4 Å². The van der Waals surface area contributed by atoms with E-state index in [2.05, 4.69) is 22.8 Å². The Morgan fingerprint density at radius 3 is 2.69 bits per heavy atom. The Balaban J connectivity index is 1.45. The van der Waals surface area contributed by atoms with Gasteiger partial charge in [-0.3, -0.25) is 19.4 Å². The topological polar surface area (TPSA) is 183 Å². The number of thioether (sulfide) groups is 1. The molecule has 236 valence electrons. The molecule has 3 unspecified atom stereocenters. The van der Waals surface area contributed by atoms with Crippen LogP contribution in [-0.2, 0) is 19.9 Å². The van der Waals surface area contributed by atoms with Gasteiger partial charge in [-0.1, -0.05) is 0 Å². The number of piperazine rings is 1. The Morgan fingerprint density at radius 2 is 1.98 bits per heavy atom. The van der Waals surface area contributed by atoms with E-state index >= 15 is 0 Å². The molecule has 2 bridgehead atoms. The van der Waals surface area contributed by atoms with Crippen LogP contribution in [0.5, 0.6) is 28.7 Å². The zero-order valence-electron chi connectivity index (χ0n) is 25.2. The summed E-state index contributed by atoms with van der Waals surface area (Å²) in [7, 11) is 1.47. The predicted octanol–water partition coefficient (Wildman–Crippen LogP) is 2.28. The Bertz CT molecular complexity index is 1750. The van der Waals surface area contributed by atoms with Gasteiger partial charge >= 0.3 is 11.9 Å². The van der Waals surface area contributed by atoms with Crippen LogP contribution in [0.15, 0.2) is 6.07 Å². The number of nitrogen functional groups attached to an aromatic ring is 1. The number of phenols is 1. The standard InChI is InChI=1S/C31H33N5O8S/c1-11-25(44-12(2)37)21-20(28-26(11)42-10-43-28)18-8-41-30(39)15(34)9-45-29(21)23-22-19-13(5-14(33)27(40-4)24(19)38)31(3)6-16(36(22)31)17(7-32)35(18)23/h5,15-18,22-23,29,38H,6,8-10,33-34H2,1-4H3/t15-,16+,17+,18?,22?,23?,29-,31-/m1/s1. The summed E-state index contributed by atoms with van der Waals surface area (Å²) in [6, 6.07) is 1.18. The first-order chi connectivity index (χ1) is 21.5. The number of nitrogens with zero attached hydrogens (tertiary/aromatic N) is 3. The van der Waals surface area contributed by atoms with Crippen molar-refractivity contribution in [1.29, 1.82) is 5.26 Å². The molecule has 0 aliphatic carbocycles. The molecule has 13 nitrogen and oxygen atoms in total. The summed E-state index contributed by atoms with van der Waals surface area (Å²) in [4.78, 5) is 30.0. The molecule has 2 aromatic carbocycles. The number of benzene rings is 2. The van der Waals surface area contributed by atoms with Crippen molar-refractivity contribution in [2.24, 2.45) is 5.73 Å². The number of hydrogen-bond donors (Lipinski definition) is 3. The highest BCUT2D eigenvalue weighted by Crippen LogP contribution is 2.70. The van der Waals surface area contributed by atoms with E-state index in [4.69, 9.17) is 35.2 Å². The molecule has 0 aromatic heterocycles. The van der Waals surface area contributed by atoms with E-state index in [0.29, 0.717) is 51.6 Å². The minimum absolute atomic E-state index is 0.0354. The fraction of sp³-hybridized carbons (Fsp3) is 0.516. The number of hydrogen-bond acceptors (Lipinski definition) is 14. The largest absolute Gasteiger partial charge is 0.504 e. The van der Waals surface area contributed by atoms with Gasteiger partial charge in [0.05, 0.1) is 36.2 Å². The monoisotopic (exact) mass is 635 g/mol. The third kappa shape index (κ3) is 3.49. The number of aromatic hydroxyl groups is 1. The molecule has 3 saturated heterocycles. The number of fused-ring (bicyclic) bond motifs is 8. The Labute approximate surface area is 263 Å². The molecule has 3 fully saturated rings. The van der Waals surface area contributed by atoms with E-state index in [1.165, 1.54) is 25.8 Å². The Morgan fingerprint density at radius 1 is 1.22 bits per heavy atom. The van der Waals surface area contributed by atoms with E-state index in [-0.39, 0.29) is 36.7 Å². The molecule has 6 heterocycles. The van der Waals surface area contributed by atoms with Crippen LogP contribution < -0.4 is 30.4 Å². The first-order valence-electron chi connectivity index (χ1n) is 14.9. The molecule has 45 heavy (non-hydrogen) atoms. The van der Waals surface area contributed by atoms with Crippen molar-refractivity contribution in [2.75, 3.05) is 32.0 Å². The third-order valence-electron chi connectivity index (χ3n) is 10.5. The lowest BCUT2D eigenvalue weighted by Crippen LogP contribution is -2.75. The molecule has 2 aromatic rings. The maximum absolute atomic E-state index is 13.0. The third-order valence-corrected chi connectivity index (χ3v) is 11.9. The lowest BCUT2D eigenvalue weighted by atomic mass is 9.70. The molecule has 8 rings (SSSR count). The molecule has 0 radical (unpaired) electrons. The molecular formula is C31H33N5O8S. The summed E-state index contributed by atoms with van der Waals surface area (Å²) >= 11 is 1.43. The second-order valence-corrected chi connectivity index (χ2v) is 13.8. The molecular weight excluding hydrogens is 602 g/mol. The summed E-state index contributed by atoms with van der Waals surface area (Å²) < 4.78 is 29.4. The van der Waals surface area contributed by atoms with Crippen molar-refractivity contribution in [2.45, 2.75) is 74.2 Å². The molecule has 0 amide bonds. The quantitative estimate of drug-likeness (QED) is 0.248. The Hall–Kier alpha value is -3.90. The Kier molecular flexibility index (Phi) is 6.07. The smallest absolute Gasteiger partial charge is 0.323 e. The highest BCUT2D eigenvalue weighted by Gasteiger charge is 2.70. The van der Waals surface area contributed by atoms with Crippen LogP contribution in [0.25, 0.3) is 0 Å². The van der Waals surface area contributed by atoms with Gasteiger partial charge in [-0.15, -0.1) is 11.8 Å². The zero-order valence-corrected chi connectivity index (χ0v) is 26.0. The van der Waals surface area contributed by atoms with E-state index in [1.54, 1.807) is 0 Å². The van der Waals surface area contributed by atoms with Crippen LogP contribution in [0.3, 0.4) is 0 Å². The van der Waals surface area contributed by atoms with Crippen LogP contribution >= 0.6 is 11.8 Å². The molecule has 0 spiro atoms. The van der Waals surface area contributed by atoms with Crippen molar-refractivity contribution in [3.8, 4) is 34.8 Å². The van der Waals surface area contributed by atoms with Crippen molar-refractivity contribution >= 4 is 29.4 Å². The first kappa shape index (κ1) is 28.6. The second kappa shape index (κ2) is 9.56. The number of cyclic esters (lactones) is 1. The van der Waals surface area contributed by atoms with E-state index in [0.717, 1.165) is 5.56 Å². The van der Waals surface area contributed by atoms with Crippen LogP contribution in [0, 0.1) is 18.3 Å². The van der Waals surface area contributed by atoms with Crippen LogP contribution in [-0.4, -0.2) is 77.3 Å². The lowest BCUT2D eigenvalue weighted by Gasteiger charge is -2.66. The average Bonchev–Trinajstić information content (AvgIpc) is 3.56. The van der Waals surface area contributed by atoms with E-state index in [9.17, 15) is 20.0 Å². The van der Waals surface area contributed by atoms with Gasteiger partial charge in [0.1, 0.15) is 24.4 Å². The van der Waals surface area contributed by atoms with Crippen molar-refractivity contribution in [1.82, 2.24) is 9.80 Å². The maximum Gasteiger partial charge on any atom is 0.323 e. The summed E-state index contributed by atoms with van der Waals surface area (Å²) in [5, 5.41) is 22.1. The first-order valence-corrected chi connectivity index (χ1v) is 15.9. The zero-order chi connectivity index (χ0) is 31.7. The molecule has 0 saturated carbocycles. The number of methoxy groups -OCH3 is 1. The minimum Gasteiger partial charge on any atom is -0.504 e. The number of nitriles is 1. The van der Waals surface area contributed by atoms with Gasteiger partial charge in [0, 0.05) is 52.6 Å². The average molecular weight is 636 g/mol. The number of phenolic OH excluding ortho intramolecular Hbond substituents is 1. The van der Waals surface area contributed by atoms with Gasteiger partial charge in [-0.2, -0.15) is 5.26 Å². The van der Waals surface area contributed by atoms with Crippen LogP contribution in [0.4, 0.5) is 5.69 Å². The van der Waals surface area contributed by atoms with Gasteiger partial charge in [0.2, 0.25) is 6.79 Å². The molecule has 6 aliphatic heterocycles. The lowest BCUT2D eigenvalue weighted by molar-refractivity contribution is -0.186. The summed E-state index contributed by atoms with van der Waals surface area (Å²) in [6.45, 7) is 5.12. The highest BCUT2D eigenvalue weighted by molar-refractivity contribution is 7.99. The SMILES string of the molecule is COc1c(N)cc2c(c1O)C1C3[C@@H]4SC[C@@H](N)C(=O)OCC(c5c6c(c(C)c(OC(C)=O)c54)OCO6)N3[C@@H](C#N)[C@@H]3C[C@@]2(C)N13. The van der Waals surface area contributed by atoms with Gasteiger partial charge in [-0.25, -0.2) is 0 Å². The minimum atomic E-state index is -0.903. The molecule has 14 heteroatoms. The summed E-state index contributed by atoms with van der Waals surface area (Å²) in [6.07, 6.45) is 0.648. The van der Waals surface area contributed by atoms with Crippen LogP contribution in [0.2, 0.25) is 0 Å². The second-order valence-electron chi connectivity index (χ2n) is 12.7. The van der Waals surface area contributed by atoms with Gasteiger partial charge < -0.3 is 40.3 Å². The molecule has 8 atom stereocenters. The van der Waals surface area contributed by atoms with E-state index < -0.39 is 52.9 Å². The van der Waals surface area contributed by atoms with Gasteiger partial charge in [-0.05, 0) is 31.9 Å². The van der Waals surface area contributed by atoms with E-state index in [1.807, 2.05) is 13.0 Å². The molecule has 6 aliphatic rings. The number of carbonyl (C=O) groups is 2. The fourth-order valence-electron chi connectivity index (χ4n) is 8.84. The number of anilines is 1. The molecule has 5 N–H and O–H groups in total. The van der Waals surface area contributed by atoms with Gasteiger partial charge in [0.15, 0.2) is 23.0 Å². The number of esters is 2. The van der Waals surface area contributed by atoms with Gasteiger partial charge in [0.25, 0.3) is 0 Å². The summed E-state index contributed by atoms with van der Waals surface area (Å²) in [5.41, 5.74) is 16.1. The fourth-order valence-corrected chi connectivity index (χ4v) is 10.3. The highest BCUT2D eigenvalue weighted by atomic mass is 32.2. The number of carbonyl (C=O) groups excluding carboxylic acids is 2. The normalized spacial score (nSPS) is 34.0. The number of ether oxygens (including phenoxy) is 5. The predicted molar refractivity (Wildman–Crippen MR) is 160 cm³/mol. The van der Waals surface area contributed by atoms with Crippen molar-refractivity contribution in [3.63, 3.8) is 0 Å². The van der Waals surface area contributed by atoms with Crippen molar-refractivity contribution < 1.29 is 38.4 Å². The van der Waals surface area contributed by atoms with Crippen molar-refractivity contribution in [3.05, 3.63) is 33.9 Å². The number of rotatable bonds is 2. The number of nitrogens with two attached hydrogens (primary N) is 2. The summed E-state index contributed by atoms with van der Waals surface area (Å²) in [5.74, 6) is 0.588. The maximum atomic E-state index is 13.0.